The second-order valence-corrected chi connectivity index (χ2v) is 5.84. The standard InChI is InChI=1S/C15H15BrN4O/c1-8-15(9(2)20(3)19-8)21-13-5-4-12(17)11-6-10(16)7-18-14(11)13/h4-7H,17H2,1-3H3. The van der Waals surface area contributed by atoms with Crippen LogP contribution in [-0.2, 0) is 7.05 Å². The Kier molecular flexibility index (Phi) is 3.33. The Balaban J connectivity index is 2.15. The molecule has 1 aromatic carbocycles. The van der Waals surface area contributed by atoms with Crippen LogP contribution in [0.1, 0.15) is 11.4 Å². The fourth-order valence-electron chi connectivity index (χ4n) is 2.28. The summed E-state index contributed by atoms with van der Waals surface area (Å²) in [7, 11) is 1.89. The number of fused-ring (bicyclic) bond motifs is 1. The highest BCUT2D eigenvalue weighted by molar-refractivity contribution is 9.10. The minimum absolute atomic E-state index is 0.672. The molecule has 6 heteroatoms. The van der Waals surface area contributed by atoms with Crippen LogP contribution in [0.25, 0.3) is 10.9 Å². The van der Waals surface area contributed by atoms with Crippen molar-refractivity contribution >= 4 is 32.5 Å². The lowest BCUT2D eigenvalue weighted by Gasteiger charge is -2.10. The summed E-state index contributed by atoms with van der Waals surface area (Å²) in [4.78, 5) is 4.42. The molecule has 0 radical (unpaired) electrons. The van der Waals surface area contributed by atoms with Crippen LogP contribution in [0.2, 0.25) is 0 Å². The molecule has 5 nitrogen and oxygen atoms in total. The maximum Gasteiger partial charge on any atom is 0.171 e. The van der Waals surface area contributed by atoms with Crippen molar-refractivity contribution < 1.29 is 4.74 Å². The van der Waals surface area contributed by atoms with Gasteiger partial charge in [0, 0.05) is 28.8 Å². The van der Waals surface area contributed by atoms with Gasteiger partial charge < -0.3 is 10.5 Å². The molecule has 0 spiro atoms. The normalized spacial score (nSPS) is 11.0. The van der Waals surface area contributed by atoms with Crippen molar-refractivity contribution in [2.45, 2.75) is 13.8 Å². The molecular formula is C15H15BrN4O. The number of rotatable bonds is 2. The molecule has 2 N–H and O–H groups in total. The van der Waals surface area contributed by atoms with E-state index in [1.807, 2.05) is 39.1 Å². The molecule has 108 valence electrons. The van der Waals surface area contributed by atoms with Crippen molar-refractivity contribution in [3.63, 3.8) is 0 Å². The van der Waals surface area contributed by atoms with Gasteiger partial charge in [0.25, 0.3) is 0 Å². The van der Waals surface area contributed by atoms with Crippen molar-refractivity contribution in [3.8, 4) is 11.5 Å². The number of nitrogens with zero attached hydrogens (tertiary/aromatic N) is 3. The van der Waals surface area contributed by atoms with E-state index in [1.54, 1.807) is 10.9 Å². The Labute approximate surface area is 130 Å². The van der Waals surface area contributed by atoms with E-state index in [2.05, 4.69) is 26.0 Å². The molecule has 0 aliphatic rings. The predicted octanol–water partition coefficient (Wildman–Crippen LogP) is 3.72. The van der Waals surface area contributed by atoms with Crippen molar-refractivity contribution in [2.75, 3.05) is 5.73 Å². The van der Waals surface area contributed by atoms with Gasteiger partial charge in [-0.2, -0.15) is 5.10 Å². The molecule has 0 unspecified atom stereocenters. The fraction of sp³-hybridized carbons (Fsp3) is 0.200. The lowest BCUT2D eigenvalue weighted by Crippen LogP contribution is -1.95. The molecular weight excluding hydrogens is 332 g/mol. The predicted molar refractivity (Wildman–Crippen MR) is 86.6 cm³/mol. The zero-order valence-electron chi connectivity index (χ0n) is 12.0. The zero-order chi connectivity index (χ0) is 15.1. The number of benzene rings is 1. The van der Waals surface area contributed by atoms with Crippen LogP contribution >= 0.6 is 15.9 Å². The molecule has 0 saturated carbocycles. The number of halogens is 1. The number of aromatic nitrogens is 3. The summed E-state index contributed by atoms with van der Waals surface area (Å²) in [5, 5.41) is 5.22. The number of ether oxygens (including phenoxy) is 1. The SMILES string of the molecule is Cc1nn(C)c(C)c1Oc1ccc(N)c2cc(Br)cnc12. The largest absolute Gasteiger partial charge is 0.451 e. The zero-order valence-corrected chi connectivity index (χ0v) is 13.6. The van der Waals surface area contributed by atoms with Gasteiger partial charge >= 0.3 is 0 Å². The minimum atomic E-state index is 0.672. The molecule has 0 fully saturated rings. The van der Waals surface area contributed by atoms with Gasteiger partial charge in [-0.15, -0.1) is 0 Å². The molecule has 0 atom stereocenters. The third kappa shape index (κ3) is 2.35. The molecule has 0 amide bonds. The van der Waals surface area contributed by atoms with E-state index in [9.17, 15) is 0 Å². The van der Waals surface area contributed by atoms with Crippen molar-refractivity contribution in [2.24, 2.45) is 7.05 Å². The highest BCUT2D eigenvalue weighted by Gasteiger charge is 2.14. The highest BCUT2D eigenvalue weighted by Crippen LogP contribution is 2.35. The first kappa shape index (κ1) is 13.9. The maximum absolute atomic E-state index is 6.05. The van der Waals surface area contributed by atoms with Gasteiger partial charge in [0.15, 0.2) is 11.5 Å². The fourth-order valence-corrected chi connectivity index (χ4v) is 2.62. The molecule has 3 aromatic rings. The Morgan fingerprint density at radius 1 is 1.29 bits per heavy atom. The average molecular weight is 347 g/mol. The molecule has 0 aliphatic carbocycles. The topological polar surface area (TPSA) is 66.0 Å². The van der Waals surface area contributed by atoms with Gasteiger partial charge in [-0.3, -0.25) is 9.67 Å². The van der Waals surface area contributed by atoms with Gasteiger partial charge in [0.05, 0.1) is 5.69 Å². The third-order valence-electron chi connectivity index (χ3n) is 3.47. The van der Waals surface area contributed by atoms with E-state index in [0.717, 1.165) is 32.5 Å². The number of hydrogen-bond acceptors (Lipinski definition) is 4. The average Bonchev–Trinajstić information content (AvgIpc) is 2.68. The van der Waals surface area contributed by atoms with Crippen molar-refractivity contribution in [1.29, 1.82) is 0 Å². The van der Waals surface area contributed by atoms with E-state index in [0.29, 0.717) is 11.4 Å². The van der Waals surface area contributed by atoms with Crippen LogP contribution in [-0.4, -0.2) is 14.8 Å². The van der Waals surface area contributed by atoms with Gasteiger partial charge in [-0.25, -0.2) is 0 Å². The van der Waals surface area contributed by atoms with Crippen molar-refractivity contribution in [3.05, 3.63) is 40.3 Å². The monoisotopic (exact) mass is 346 g/mol. The first-order chi connectivity index (χ1) is 9.97. The van der Waals surface area contributed by atoms with Crippen LogP contribution < -0.4 is 10.5 Å². The van der Waals surface area contributed by atoms with E-state index < -0.39 is 0 Å². The number of nitrogens with two attached hydrogens (primary N) is 1. The summed E-state index contributed by atoms with van der Waals surface area (Å²) in [6.07, 6.45) is 1.73. The summed E-state index contributed by atoms with van der Waals surface area (Å²) in [5.74, 6) is 1.43. The third-order valence-corrected chi connectivity index (χ3v) is 3.90. The van der Waals surface area contributed by atoms with E-state index in [4.69, 9.17) is 10.5 Å². The smallest absolute Gasteiger partial charge is 0.171 e. The first-order valence-electron chi connectivity index (χ1n) is 6.49. The second kappa shape index (κ2) is 5.04. The molecule has 21 heavy (non-hydrogen) atoms. The van der Waals surface area contributed by atoms with Gasteiger partial charge in [0.2, 0.25) is 0 Å². The van der Waals surface area contributed by atoms with Crippen molar-refractivity contribution in [1.82, 2.24) is 14.8 Å². The number of nitrogen functional groups attached to an aromatic ring is 1. The number of aryl methyl sites for hydroxylation is 2. The molecule has 0 saturated heterocycles. The Morgan fingerprint density at radius 2 is 2.05 bits per heavy atom. The van der Waals surface area contributed by atoms with Gasteiger partial charge in [0.1, 0.15) is 11.2 Å². The summed E-state index contributed by atoms with van der Waals surface area (Å²) in [5.41, 5.74) is 9.24. The van der Waals surface area contributed by atoms with E-state index in [-0.39, 0.29) is 0 Å². The Hall–Kier alpha value is -2.08. The Morgan fingerprint density at radius 3 is 2.71 bits per heavy atom. The van der Waals surface area contributed by atoms with Crippen LogP contribution in [0, 0.1) is 13.8 Å². The van der Waals surface area contributed by atoms with Crippen LogP contribution in [0.5, 0.6) is 11.5 Å². The van der Waals surface area contributed by atoms with E-state index >= 15 is 0 Å². The van der Waals surface area contributed by atoms with E-state index in [1.165, 1.54) is 0 Å². The summed E-state index contributed by atoms with van der Waals surface area (Å²) < 4.78 is 8.73. The van der Waals surface area contributed by atoms with Crippen LogP contribution in [0.4, 0.5) is 5.69 Å². The summed E-state index contributed by atoms with van der Waals surface area (Å²) in [6, 6.07) is 5.60. The Bertz CT molecular complexity index is 841. The maximum atomic E-state index is 6.05. The lowest BCUT2D eigenvalue weighted by atomic mass is 10.1. The molecule has 2 heterocycles. The highest BCUT2D eigenvalue weighted by atomic mass is 79.9. The van der Waals surface area contributed by atoms with Crippen LogP contribution in [0.3, 0.4) is 0 Å². The quantitative estimate of drug-likeness (QED) is 0.718. The first-order valence-corrected chi connectivity index (χ1v) is 7.28. The molecule has 3 rings (SSSR count). The molecule has 0 aliphatic heterocycles. The second-order valence-electron chi connectivity index (χ2n) is 4.93. The number of hydrogen-bond donors (Lipinski definition) is 1. The molecule has 2 aromatic heterocycles. The van der Waals surface area contributed by atoms with Gasteiger partial charge in [-0.1, -0.05) is 0 Å². The number of anilines is 1. The summed E-state index contributed by atoms with van der Waals surface area (Å²) in [6.45, 7) is 3.89. The summed E-state index contributed by atoms with van der Waals surface area (Å²) >= 11 is 3.41. The number of pyridine rings is 1. The lowest BCUT2D eigenvalue weighted by molar-refractivity contribution is 0.478. The minimum Gasteiger partial charge on any atom is -0.451 e. The van der Waals surface area contributed by atoms with Crippen LogP contribution in [0.15, 0.2) is 28.9 Å². The molecule has 0 bridgehead atoms. The van der Waals surface area contributed by atoms with Gasteiger partial charge in [-0.05, 0) is 48.0 Å².